The molecule has 0 aromatic carbocycles. The molecular weight excluding hydrogens is 544 g/mol. The number of aryl methyl sites for hydroxylation is 4. The van der Waals surface area contributed by atoms with Gasteiger partial charge >= 0.3 is 5.97 Å². The summed E-state index contributed by atoms with van der Waals surface area (Å²) in [7, 11) is 3.25. The van der Waals surface area contributed by atoms with Crippen LogP contribution in [-0.4, -0.2) is 70.8 Å². The molecule has 1 N–H and O–H groups in total. The van der Waals surface area contributed by atoms with Crippen molar-refractivity contribution in [3.63, 3.8) is 0 Å². The SMILES string of the molecule is Cc1nc(-n2cncn2)ccc1C(=O)Oc1ccnn1C.Cc1nc(-n2cncn2)ccc1C(=O)c1c[nH]n(C)c1=O. The van der Waals surface area contributed by atoms with Crippen LogP contribution in [0.1, 0.15) is 37.7 Å². The van der Waals surface area contributed by atoms with Gasteiger partial charge in [-0.15, -0.1) is 0 Å². The molecule has 42 heavy (non-hydrogen) atoms. The molecule has 16 nitrogen and oxygen atoms in total. The van der Waals surface area contributed by atoms with Crippen molar-refractivity contribution in [2.45, 2.75) is 13.8 Å². The highest BCUT2D eigenvalue weighted by Crippen LogP contribution is 2.15. The topological polar surface area (TPSA) is 186 Å². The van der Waals surface area contributed by atoms with Crippen LogP contribution in [0.15, 0.2) is 72.8 Å². The van der Waals surface area contributed by atoms with E-state index in [9.17, 15) is 14.4 Å². The third-order valence-corrected chi connectivity index (χ3v) is 6.07. The molecule has 0 atom stereocenters. The third-order valence-electron chi connectivity index (χ3n) is 6.07. The molecule has 16 heteroatoms. The Hall–Kier alpha value is -6.06. The standard InChI is InChI=1S/2C13H12N6O2/c1-8-9(12(20)10-5-15-18(2)13(10)21)3-4-11(17-8)19-7-14-6-16-19;1-9-10(13(20)21-12-5-6-15-18(12)2)3-4-11(17-9)19-8-14-7-16-19/h3-7,15H,1-2H3;3-8H,1-2H3. The second-order valence-electron chi connectivity index (χ2n) is 8.85. The Morgan fingerprint density at radius 3 is 1.83 bits per heavy atom. The Morgan fingerprint density at radius 1 is 0.786 bits per heavy atom. The molecule has 0 aliphatic rings. The van der Waals surface area contributed by atoms with Crippen LogP contribution in [0.3, 0.4) is 0 Å². The molecule has 6 aromatic rings. The summed E-state index contributed by atoms with van der Waals surface area (Å²) in [6.45, 7) is 3.45. The van der Waals surface area contributed by atoms with Crippen molar-refractivity contribution in [3.05, 3.63) is 106 Å². The van der Waals surface area contributed by atoms with Gasteiger partial charge in [-0.3, -0.25) is 14.3 Å². The second kappa shape index (κ2) is 11.6. The lowest BCUT2D eigenvalue weighted by molar-refractivity contribution is 0.0718. The average molecular weight is 569 g/mol. The Bertz CT molecular complexity index is 1920. The number of nitrogens with one attached hydrogen (secondary N) is 1. The lowest BCUT2D eigenvalue weighted by Gasteiger charge is -2.07. The summed E-state index contributed by atoms with van der Waals surface area (Å²) in [6.07, 6.45) is 8.83. The summed E-state index contributed by atoms with van der Waals surface area (Å²) >= 11 is 0. The van der Waals surface area contributed by atoms with Gasteiger partial charge in [-0.1, -0.05) is 0 Å². The van der Waals surface area contributed by atoms with Gasteiger partial charge in [0.2, 0.25) is 11.7 Å². The number of hydrogen-bond acceptors (Lipinski definition) is 11. The number of hydrogen-bond donors (Lipinski definition) is 1. The number of carbonyl (C=O) groups excluding carboxylic acids is 2. The molecule has 0 fully saturated rings. The van der Waals surface area contributed by atoms with Crippen LogP contribution in [0.25, 0.3) is 11.6 Å². The molecule has 0 bridgehead atoms. The Labute approximate surface area is 237 Å². The number of aromatic nitrogens is 12. The maximum absolute atomic E-state index is 12.4. The van der Waals surface area contributed by atoms with Crippen molar-refractivity contribution in [2.24, 2.45) is 14.1 Å². The van der Waals surface area contributed by atoms with Gasteiger partial charge in [0, 0.05) is 31.9 Å². The fourth-order valence-electron chi connectivity index (χ4n) is 3.84. The van der Waals surface area contributed by atoms with Crippen LogP contribution < -0.4 is 10.3 Å². The van der Waals surface area contributed by atoms with Gasteiger partial charge in [0.1, 0.15) is 30.9 Å². The predicted molar refractivity (Wildman–Crippen MR) is 145 cm³/mol. The van der Waals surface area contributed by atoms with E-state index in [0.29, 0.717) is 40.0 Å². The molecule has 6 aromatic heterocycles. The van der Waals surface area contributed by atoms with Crippen LogP contribution in [0.2, 0.25) is 0 Å². The summed E-state index contributed by atoms with van der Waals surface area (Å²) in [5, 5.41) is 14.6. The van der Waals surface area contributed by atoms with E-state index in [2.05, 4.69) is 40.3 Å². The quantitative estimate of drug-likeness (QED) is 0.224. The molecule has 0 radical (unpaired) electrons. The van der Waals surface area contributed by atoms with Crippen molar-refractivity contribution >= 4 is 11.8 Å². The van der Waals surface area contributed by atoms with Gasteiger partial charge in [0.15, 0.2) is 11.6 Å². The van der Waals surface area contributed by atoms with Crippen LogP contribution in [0, 0.1) is 13.8 Å². The van der Waals surface area contributed by atoms with E-state index in [1.807, 2.05) is 0 Å². The van der Waals surface area contributed by atoms with Crippen LogP contribution >= 0.6 is 0 Å². The minimum Gasteiger partial charge on any atom is -0.404 e. The average Bonchev–Trinajstić information content (AvgIpc) is 3.80. The lowest BCUT2D eigenvalue weighted by Crippen LogP contribution is -2.20. The van der Waals surface area contributed by atoms with E-state index in [-0.39, 0.29) is 16.9 Å². The summed E-state index contributed by atoms with van der Waals surface area (Å²) in [5.74, 6) is 0.686. The van der Waals surface area contributed by atoms with E-state index in [0.717, 1.165) is 0 Å². The molecule has 0 saturated carbocycles. The summed E-state index contributed by atoms with van der Waals surface area (Å²) in [6, 6.07) is 8.24. The smallest absolute Gasteiger partial charge is 0.346 e. The fourth-order valence-corrected chi connectivity index (χ4v) is 3.84. The van der Waals surface area contributed by atoms with Crippen molar-refractivity contribution in [3.8, 4) is 17.5 Å². The number of aromatic amines is 1. The number of ether oxygens (including phenoxy) is 1. The fraction of sp³-hybridized carbons (Fsp3) is 0.154. The van der Waals surface area contributed by atoms with E-state index < -0.39 is 5.97 Å². The highest BCUT2D eigenvalue weighted by atomic mass is 16.5. The number of nitrogens with zero attached hydrogens (tertiary/aromatic N) is 11. The zero-order chi connectivity index (χ0) is 29.8. The molecule has 0 aliphatic carbocycles. The van der Waals surface area contributed by atoms with Gasteiger partial charge in [0.25, 0.3) is 5.56 Å². The maximum atomic E-state index is 12.4. The Morgan fingerprint density at radius 2 is 1.38 bits per heavy atom. The first kappa shape index (κ1) is 27.5. The van der Waals surface area contributed by atoms with Crippen LogP contribution in [0.5, 0.6) is 5.88 Å². The van der Waals surface area contributed by atoms with Gasteiger partial charge in [0.05, 0.1) is 23.1 Å². The first-order valence-corrected chi connectivity index (χ1v) is 12.4. The van der Waals surface area contributed by atoms with Gasteiger partial charge < -0.3 is 9.84 Å². The molecular formula is C26H24N12O4. The third kappa shape index (κ3) is 5.62. The van der Waals surface area contributed by atoms with Gasteiger partial charge in [-0.2, -0.15) is 15.3 Å². The Kier molecular flexibility index (Phi) is 7.59. The van der Waals surface area contributed by atoms with Crippen molar-refractivity contribution in [2.75, 3.05) is 0 Å². The monoisotopic (exact) mass is 568 g/mol. The minimum atomic E-state index is -0.478. The Balaban J connectivity index is 0.000000168. The normalized spacial score (nSPS) is 10.7. The molecule has 6 rings (SSSR count). The molecule has 0 spiro atoms. The minimum absolute atomic E-state index is 0.0934. The highest BCUT2D eigenvalue weighted by Gasteiger charge is 2.19. The number of esters is 1. The zero-order valence-electron chi connectivity index (χ0n) is 22.9. The summed E-state index contributed by atoms with van der Waals surface area (Å²) in [4.78, 5) is 52.7. The largest absolute Gasteiger partial charge is 0.404 e. The number of rotatable bonds is 6. The van der Waals surface area contributed by atoms with Crippen molar-refractivity contribution in [1.82, 2.24) is 59.1 Å². The second-order valence-corrected chi connectivity index (χ2v) is 8.85. The lowest BCUT2D eigenvalue weighted by atomic mass is 10.1. The highest BCUT2D eigenvalue weighted by molar-refractivity contribution is 6.09. The van der Waals surface area contributed by atoms with E-state index in [1.165, 1.54) is 50.2 Å². The predicted octanol–water partition coefficient (Wildman–Crippen LogP) is 1.15. The van der Waals surface area contributed by atoms with Crippen molar-refractivity contribution in [1.29, 1.82) is 0 Å². The van der Waals surface area contributed by atoms with E-state index >= 15 is 0 Å². The van der Waals surface area contributed by atoms with Gasteiger partial charge in [-0.05, 0) is 38.1 Å². The van der Waals surface area contributed by atoms with Crippen LogP contribution in [0.4, 0.5) is 0 Å². The first-order chi connectivity index (χ1) is 20.2. The molecule has 0 unspecified atom stereocenters. The van der Waals surface area contributed by atoms with Crippen molar-refractivity contribution < 1.29 is 14.3 Å². The molecule has 0 amide bonds. The number of carbonyl (C=O) groups is 2. The molecule has 6 heterocycles. The summed E-state index contributed by atoms with van der Waals surface area (Å²) < 4.78 is 11.0. The van der Waals surface area contributed by atoms with E-state index in [4.69, 9.17) is 4.74 Å². The van der Waals surface area contributed by atoms with Gasteiger partial charge in [-0.25, -0.2) is 38.8 Å². The van der Waals surface area contributed by atoms with E-state index in [1.54, 1.807) is 64.5 Å². The summed E-state index contributed by atoms with van der Waals surface area (Å²) in [5.41, 5.74) is 1.58. The molecule has 0 saturated heterocycles. The number of ketones is 1. The zero-order valence-corrected chi connectivity index (χ0v) is 22.9. The maximum Gasteiger partial charge on any atom is 0.346 e. The number of pyridine rings is 2. The first-order valence-electron chi connectivity index (χ1n) is 12.4. The number of H-pyrrole nitrogens is 1. The molecule has 0 aliphatic heterocycles. The molecule has 212 valence electrons. The van der Waals surface area contributed by atoms with Crippen LogP contribution in [-0.2, 0) is 14.1 Å².